The van der Waals surface area contributed by atoms with Gasteiger partial charge < -0.3 is 24.6 Å². The van der Waals surface area contributed by atoms with Crippen molar-refractivity contribution in [1.29, 1.82) is 0 Å². The number of hydrogen-bond acceptors (Lipinski definition) is 6. The summed E-state index contributed by atoms with van der Waals surface area (Å²) in [6, 6.07) is 1.80. The number of hydrogen-bond donors (Lipinski definition) is 2. The van der Waals surface area contributed by atoms with Gasteiger partial charge in [0.05, 0.1) is 24.5 Å². The van der Waals surface area contributed by atoms with Crippen LogP contribution in [0.15, 0.2) is 10.6 Å². The second-order valence-corrected chi connectivity index (χ2v) is 10.3. The van der Waals surface area contributed by atoms with E-state index in [-0.39, 0.29) is 29.7 Å². The topological polar surface area (TPSA) is 105 Å². The Kier molecular flexibility index (Phi) is 5.78. The number of aliphatic carboxylic acids is 1. The van der Waals surface area contributed by atoms with E-state index in [0.29, 0.717) is 31.1 Å². The van der Waals surface area contributed by atoms with Crippen LogP contribution in [0.4, 0.5) is 0 Å². The molecule has 0 radical (unpaired) electrons. The van der Waals surface area contributed by atoms with Crippen LogP contribution in [-0.2, 0) is 20.9 Å². The van der Waals surface area contributed by atoms with Gasteiger partial charge in [-0.1, -0.05) is 5.16 Å². The van der Waals surface area contributed by atoms with Gasteiger partial charge in [0.15, 0.2) is 0 Å². The van der Waals surface area contributed by atoms with Crippen molar-refractivity contribution >= 4 is 11.9 Å². The van der Waals surface area contributed by atoms with Crippen LogP contribution in [0.5, 0.6) is 0 Å². The lowest BCUT2D eigenvalue weighted by Gasteiger charge is -2.40. The van der Waals surface area contributed by atoms with Crippen LogP contribution >= 0.6 is 0 Å². The first-order valence-electron chi connectivity index (χ1n) is 12.2. The molecule has 1 amide bonds. The molecule has 0 unspecified atom stereocenters. The fourth-order valence-corrected chi connectivity index (χ4v) is 7.40. The first-order chi connectivity index (χ1) is 15.5. The van der Waals surface area contributed by atoms with Crippen molar-refractivity contribution in [1.82, 2.24) is 15.4 Å². The monoisotopic (exact) mass is 445 g/mol. The summed E-state index contributed by atoms with van der Waals surface area (Å²) in [7, 11) is 0. The number of amides is 1. The Bertz CT molecular complexity index is 860. The maximum absolute atomic E-state index is 13.7. The third-order valence-electron chi connectivity index (χ3n) is 8.81. The van der Waals surface area contributed by atoms with E-state index < -0.39 is 17.3 Å². The van der Waals surface area contributed by atoms with Crippen molar-refractivity contribution in [3.05, 3.63) is 17.5 Å². The van der Waals surface area contributed by atoms with Gasteiger partial charge in [-0.3, -0.25) is 9.59 Å². The molecule has 1 spiro atoms. The summed E-state index contributed by atoms with van der Waals surface area (Å²) in [5, 5.41) is 17.3. The number of carbonyl (C=O) groups is 2. The summed E-state index contributed by atoms with van der Waals surface area (Å²) in [5.74, 6) is -0.683. The summed E-state index contributed by atoms with van der Waals surface area (Å²) < 4.78 is 11.1. The highest BCUT2D eigenvalue weighted by atomic mass is 16.5. The molecular formula is C24H35N3O5. The van der Waals surface area contributed by atoms with Crippen LogP contribution in [0.25, 0.3) is 0 Å². The van der Waals surface area contributed by atoms with E-state index >= 15 is 0 Å². The lowest BCUT2D eigenvalue weighted by atomic mass is 9.63. The molecule has 2 N–H and O–H groups in total. The van der Waals surface area contributed by atoms with E-state index in [4.69, 9.17) is 9.26 Å². The quantitative estimate of drug-likeness (QED) is 0.533. The minimum Gasteiger partial charge on any atom is -0.481 e. The molecule has 1 aromatic rings. The second kappa shape index (κ2) is 8.45. The van der Waals surface area contributed by atoms with E-state index in [9.17, 15) is 14.7 Å². The van der Waals surface area contributed by atoms with Crippen LogP contribution < -0.4 is 5.32 Å². The van der Waals surface area contributed by atoms with Gasteiger partial charge in [-0.05, 0) is 82.2 Å². The van der Waals surface area contributed by atoms with Gasteiger partial charge in [0.25, 0.3) is 0 Å². The summed E-state index contributed by atoms with van der Waals surface area (Å²) in [6.45, 7) is 6.29. The fraction of sp³-hybridized carbons (Fsp3) is 0.792. The van der Waals surface area contributed by atoms with Gasteiger partial charge in [0.1, 0.15) is 11.5 Å². The van der Waals surface area contributed by atoms with Gasteiger partial charge in [0, 0.05) is 19.2 Å². The van der Waals surface area contributed by atoms with E-state index in [1.54, 1.807) is 6.07 Å². The summed E-state index contributed by atoms with van der Waals surface area (Å²) >= 11 is 0. The van der Waals surface area contributed by atoms with Crippen LogP contribution in [0.3, 0.4) is 0 Å². The third kappa shape index (κ3) is 3.55. The summed E-state index contributed by atoms with van der Waals surface area (Å²) in [4.78, 5) is 28.7. The Morgan fingerprint density at radius 3 is 2.72 bits per heavy atom. The largest absolute Gasteiger partial charge is 0.481 e. The predicted molar refractivity (Wildman–Crippen MR) is 116 cm³/mol. The first kappa shape index (κ1) is 21.9. The summed E-state index contributed by atoms with van der Waals surface area (Å²) in [6.07, 6.45) is 6.95. The number of ether oxygens (including phenoxy) is 1. The van der Waals surface area contributed by atoms with E-state index in [0.717, 1.165) is 45.3 Å². The molecule has 4 aliphatic rings. The Balaban J connectivity index is 1.31. The second-order valence-electron chi connectivity index (χ2n) is 10.3. The molecule has 8 heteroatoms. The number of aromatic nitrogens is 1. The van der Waals surface area contributed by atoms with Crippen molar-refractivity contribution in [2.24, 2.45) is 28.6 Å². The number of carboxylic acids is 1. The van der Waals surface area contributed by atoms with Gasteiger partial charge in [-0.25, -0.2) is 0 Å². The average Bonchev–Trinajstić information content (AvgIpc) is 3.08. The first-order valence-corrected chi connectivity index (χ1v) is 12.2. The molecule has 3 saturated carbocycles. The molecule has 32 heavy (non-hydrogen) atoms. The Morgan fingerprint density at radius 2 is 2.06 bits per heavy atom. The molecule has 1 aromatic heterocycles. The molecule has 4 atom stereocenters. The molecule has 176 valence electrons. The highest BCUT2D eigenvalue weighted by Gasteiger charge is 2.77. The van der Waals surface area contributed by atoms with Crippen molar-refractivity contribution in [3.63, 3.8) is 0 Å². The van der Waals surface area contributed by atoms with Crippen LogP contribution in [-0.4, -0.2) is 59.9 Å². The number of aryl methyl sites for hydroxylation is 1. The molecule has 5 rings (SSSR count). The average molecular weight is 446 g/mol. The molecule has 1 aliphatic heterocycles. The Labute approximate surface area is 189 Å². The number of carboxylic acid groups (broad SMARTS) is 1. The van der Waals surface area contributed by atoms with Crippen molar-refractivity contribution < 1.29 is 24.0 Å². The van der Waals surface area contributed by atoms with E-state index in [1.807, 2.05) is 6.92 Å². The smallest absolute Gasteiger partial charge is 0.307 e. The van der Waals surface area contributed by atoms with Crippen LogP contribution in [0.2, 0.25) is 0 Å². The Morgan fingerprint density at radius 1 is 1.28 bits per heavy atom. The van der Waals surface area contributed by atoms with Crippen molar-refractivity contribution in [3.8, 4) is 0 Å². The maximum atomic E-state index is 13.7. The molecule has 4 fully saturated rings. The SMILES string of the molecule is Cc1cc(CNC(=O)[C@@]2(CCOCCN3CCCC3)[C@H](C(=O)O)[C@H]3CC[C@H]2C32CC2)no1. The molecule has 8 nitrogen and oxygen atoms in total. The van der Waals surface area contributed by atoms with Gasteiger partial charge in [-0.2, -0.15) is 0 Å². The number of likely N-dealkylation sites (tertiary alicyclic amines) is 1. The zero-order valence-electron chi connectivity index (χ0n) is 19.0. The van der Waals surface area contributed by atoms with Crippen molar-refractivity contribution in [2.45, 2.75) is 58.4 Å². The lowest BCUT2D eigenvalue weighted by Crippen LogP contribution is -2.52. The molecule has 2 heterocycles. The summed E-state index contributed by atoms with van der Waals surface area (Å²) in [5.41, 5.74) is -0.193. The highest BCUT2D eigenvalue weighted by molar-refractivity contribution is 5.90. The molecule has 2 bridgehead atoms. The Hall–Kier alpha value is -1.93. The number of carbonyl (C=O) groups excluding carboxylic acids is 1. The maximum Gasteiger partial charge on any atom is 0.307 e. The third-order valence-corrected chi connectivity index (χ3v) is 8.81. The minimum atomic E-state index is -0.905. The van der Waals surface area contributed by atoms with Crippen LogP contribution in [0.1, 0.15) is 56.4 Å². The molecule has 1 saturated heterocycles. The fourth-order valence-electron chi connectivity index (χ4n) is 7.40. The van der Waals surface area contributed by atoms with E-state index in [1.165, 1.54) is 12.8 Å². The highest BCUT2D eigenvalue weighted by Crippen LogP contribution is 2.79. The zero-order valence-corrected chi connectivity index (χ0v) is 19.0. The number of nitrogens with one attached hydrogen (secondary N) is 1. The van der Waals surface area contributed by atoms with Gasteiger partial charge in [-0.15, -0.1) is 0 Å². The molecule has 0 aromatic carbocycles. The number of nitrogens with zero attached hydrogens (tertiary/aromatic N) is 2. The standard InChI is InChI=1S/C24H35N3O5/c1-16-14-17(26-32-16)15-25-22(30)24(8-12-31-13-11-27-9-2-3-10-27)19-5-4-18(20(24)21(28)29)23(19)6-7-23/h14,18-20H,2-13,15H2,1H3,(H,25,30)(H,28,29)/t18-,19+,20+,24-/m1/s1. The van der Waals surface area contributed by atoms with Crippen molar-refractivity contribution in [2.75, 3.05) is 32.8 Å². The predicted octanol–water partition coefficient (Wildman–Crippen LogP) is 2.61. The normalized spacial score (nSPS) is 32.6. The van der Waals surface area contributed by atoms with Gasteiger partial charge in [0.2, 0.25) is 5.91 Å². The molecule has 3 aliphatic carbocycles. The zero-order chi connectivity index (χ0) is 22.3. The van der Waals surface area contributed by atoms with Gasteiger partial charge >= 0.3 is 5.97 Å². The lowest BCUT2D eigenvalue weighted by molar-refractivity contribution is -0.158. The van der Waals surface area contributed by atoms with E-state index in [2.05, 4.69) is 15.4 Å². The van der Waals surface area contributed by atoms with Crippen LogP contribution in [0, 0.1) is 35.5 Å². The molecular weight excluding hydrogens is 410 g/mol. The number of rotatable bonds is 10. The minimum absolute atomic E-state index is 0.0560.